The molecule has 106 valence electrons. The van der Waals surface area contributed by atoms with Crippen LogP contribution in [0.3, 0.4) is 0 Å². The summed E-state index contributed by atoms with van der Waals surface area (Å²) in [5.74, 6) is 0.936. The molecule has 1 aromatic rings. The maximum Gasteiger partial charge on any atom is 0.110 e. The molecule has 2 aliphatic rings. The van der Waals surface area contributed by atoms with Gasteiger partial charge in [0.15, 0.2) is 0 Å². The van der Waals surface area contributed by atoms with Gasteiger partial charge in [-0.15, -0.1) is 11.3 Å². The minimum absolute atomic E-state index is 0.465. The SMILES string of the molecule is CCC1CNC(C2CC2)CN1C(C)c1nc(C)cs1. The molecule has 3 unspecified atom stereocenters. The Morgan fingerprint density at radius 3 is 2.89 bits per heavy atom. The monoisotopic (exact) mass is 279 g/mol. The molecule has 0 aromatic carbocycles. The van der Waals surface area contributed by atoms with Gasteiger partial charge in [-0.25, -0.2) is 4.98 Å². The molecule has 2 fully saturated rings. The van der Waals surface area contributed by atoms with E-state index >= 15 is 0 Å². The van der Waals surface area contributed by atoms with Gasteiger partial charge in [-0.1, -0.05) is 6.92 Å². The second kappa shape index (κ2) is 5.51. The van der Waals surface area contributed by atoms with Gasteiger partial charge in [-0.2, -0.15) is 0 Å². The summed E-state index contributed by atoms with van der Waals surface area (Å²) < 4.78 is 0. The van der Waals surface area contributed by atoms with E-state index in [0.717, 1.165) is 18.2 Å². The van der Waals surface area contributed by atoms with E-state index in [0.29, 0.717) is 18.1 Å². The third-order valence-corrected chi connectivity index (χ3v) is 5.78. The first kappa shape index (κ1) is 13.5. The first-order chi connectivity index (χ1) is 9.19. The van der Waals surface area contributed by atoms with Crippen molar-refractivity contribution in [2.45, 2.75) is 58.2 Å². The Bertz CT molecular complexity index is 427. The van der Waals surface area contributed by atoms with E-state index in [9.17, 15) is 0 Å². The lowest BCUT2D eigenvalue weighted by atomic mass is 10.0. The molecule has 1 aromatic heterocycles. The fourth-order valence-corrected chi connectivity index (χ4v) is 4.09. The number of aryl methyl sites for hydroxylation is 1. The number of rotatable bonds is 4. The Hall–Kier alpha value is -0.450. The van der Waals surface area contributed by atoms with Crippen molar-refractivity contribution in [3.63, 3.8) is 0 Å². The Morgan fingerprint density at radius 1 is 1.53 bits per heavy atom. The van der Waals surface area contributed by atoms with Gasteiger partial charge in [0, 0.05) is 36.2 Å². The summed E-state index contributed by atoms with van der Waals surface area (Å²) in [6.45, 7) is 9.07. The zero-order chi connectivity index (χ0) is 13.4. The maximum atomic E-state index is 4.70. The molecule has 0 amide bonds. The van der Waals surface area contributed by atoms with Gasteiger partial charge in [0.25, 0.3) is 0 Å². The van der Waals surface area contributed by atoms with E-state index in [2.05, 4.69) is 36.4 Å². The van der Waals surface area contributed by atoms with Crippen molar-refractivity contribution in [2.24, 2.45) is 5.92 Å². The van der Waals surface area contributed by atoms with E-state index in [1.807, 2.05) is 11.3 Å². The molecule has 1 aliphatic carbocycles. The number of thiazole rings is 1. The van der Waals surface area contributed by atoms with E-state index in [1.54, 1.807) is 0 Å². The van der Waals surface area contributed by atoms with Crippen LogP contribution in [0.15, 0.2) is 5.38 Å². The average molecular weight is 279 g/mol. The van der Waals surface area contributed by atoms with Crippen LogP contribution in [0.5, 0.6) is 0 Å². The smallest absolute Gasteiger partial charge is 0.110 e. The van der Waals surface area contributed by atoms with Crippen molar-refractivity contribution in [2.75, 3.05) is 13.1 Å². The summed E-state index contributed by atoms with van der Waals surface area (Å²) in [6, 6.07) is 1.84. The maximum absolute atomic E-state index is 4.70. The molecule has 0 radical (unpaired) electrons. The first-order valence-electron chi connectivity index (χ1n) is 7.60. The van der Waals surface area contributed by atoms with E-state index in [1.165, 1.54) is 30.8 Å². The third-order valence-electron chi connectivity index (χ3n) is 4.65. The molecule has 3 rings (SSSR count). The Kier molecular flexibility index (Phi) is 3.92. The molecule has 3 atom stereocenters. The highest BCUT2D eigenvalue weighted by atomic mass is 32.1. The normalized spacial score (nSPS) is 30.5. The third kappa shape index (κ3) is 2.86. The molecular formula is C15H25N3S. The first-order valence-corrected chi connectivity index (χ1v) is 8.48. The van der Waals surface area contributed by atoms with Crippen molar-refractivity contribution in [3.05, 3.63) is 16.1 Å². The summed E-state index contributed by atoms with van der Waals surface area (Å²) in [6.07, 6.45) is 4.07. The van der Waals surface area contributed by atoms with Gasteiger partial charge in [0.05, 0.1) is 6.04 Å². The molecular weight excluding hydrogens is 254 g/mol. The van der Waals surface area contributed by atoms with Gasteiger partial charge in [0.2, 0.25) is 0 Å². The highest BCUT2D eigenvalue weighted by Gasteiger charge is 2.38. The predicted molar refractivity (Wildman–Crippen MR) is 80.6 cm³/mol. The molecule has 1 N–H and O–H groups in total. The van der Waals surface area contributed by atoms with Crippen molar-refractivity contribution in [1.29, 1.82) is 0 Å². The zero-order valence-electron chi connectivity index (χ0n) is 12.2. The van der Waals surface area contributed by atoms with Crippen molar-refractivity contribution in [3.8, 4) is 0 Å². The van der Waals surface area contributed by atoms with Gasteiger partial charge in [0.1, 0.15) is 5.01 Å². The topological polar surface area (TPSA) is 28.2 Å². The predicted octanol–water partition coefficient (Wildman–Crippen LogP) is 2.97. The van der Waals surface area contributed by atoms with E-state index in [4.69, 9.17) is 4.98 Å². The summed E-state index contributed by atoms with van der Waals surface area (Å²) >= 11 is 1.82. The van der Waals surface area contributed by atoms with Crippen LogP contribution in [0, 0.1) is 12.8 Å². The molecule has 1 aliphatic heterocycles. The van der Waals surface area contributed by atoms with Crippen LogP contribution in [-0.2, 0) is 0 Å². The Labute approximate surface area is 120 Å². The second-order valence-electron chi connectivity index (χ2n) is 6.11. The van der Waals surface area contributed by atoms with Crippen molar-refractivity contribution < 1.29 is 0 Å². The number of piperazine rings is 1. The molecule has 1 saturated heterocycles. The van der Waals surface area contributed by atoms with Gasteiger partial charge >= 0.3 is 0 Å². The molecule has 19 heavy (non-hydrogen) atoms. The lowest BCUT2D eigenvalue weighted by Gasteiger charge is -2.43. The minimum atomic E-state index is 0.465. The summed E-state index contributed by atoms with van der Waals surface area (Å²) in [4.78, 5) is 7.39. The van der Waals surface area contributed by atoms with Crippen LogP contribution in [0.1, 0.15) is 49.9 Å². The van der Waals surface area contributed by atoms with E-state index in [-0.39, 0.29) is 0 Å². The van der Waals surface area contributed by atoms with Crippen LogP contribution in [0.25, 0.3) is 0 Å². The van der Waals surface area contributed by atoms with Crippen LogP contribution in [-0.4, -0.2) is 35.1 Å². The Morgan fingerprint density at radius 2 is 2.32 bits per heavy atom. The number of aromatic nitrogens is 1. The van der Waals surface area contributed by atoms with Gasteiger partial charge in [-0.3, -0.25) is 4.90 Å². The lowest BCUT2D eigenvalue weighted by molar-refractivity contribution is 0.0801. The van der Waals surface area contributed by atoms with Crippen LogP contribution < -0.4 is 5.32 Å². The quantitative estimate of drug-likeness (QED) is 0.918. The molecule has 0 spiro atoms. The fourth-order valence-electron chi connectivity index (χ4n) is 3.22. The average Bonchev–Trinajstić information content (AvgIpc) is 3.19. The lowest BCUT2D eigenvalue weighted by Crippen LogP contribution is -2.57. The molecule has 0 bridgehead atoms. The molecule has 2 heterocycles. The minimum Gasteiger partial charge on any atom is -0.311 e. The van der Waals surface area contributed by atoms with Crippen LogP contribution >= 0.6 is 11.3 Å². The van der Waals surface area contributed by atoms with Gasteiger partial charge < -0.3 is 5.32 Å². The Balaban J connectivity index is 1.74. The zero-order valence-corrected chi connectivity index (χ0v) is 13.0. The number of hydrogen-bond acceptors (Lipinski definition) is 4. The summed E-state index contributed by atoms with van der Waals surface area (Å²) in [7, 11) is 0. The highest BCUT2D eigenvalue weighted by molar-refractivity contribution is 7.09. The van der Waals surface area contributed by atoms with Crippen molar-refractivity contribution >= 4 is 11.3 Å². The fraction of sp³-hybridized carbons (Fsp3) is 0.800. The summed E-state index contributed by atoms with van der Waals surface area (Å²) in [5.41, 5.74) is 1.16. The van der Waals surface area contributed by atoms with Crippen LogP contribution in [0.4, 0.5) is 0 Å². The largest absolute Gasteiger partial charge is 0.311 e. The molecule has 4 heteroatoms. The van der Waals surface area contributed by atoms with Crippen molar-refractivity contribution in [1.82, 2.24) is 15.2 Å². The molecule has 1 saturated carbocycles. The number of nitrogens with one attached hydrogen (secondary N) is 1. The molecule has 3 nitrogen and oxygen atoms in total. The van der Waals surface area contributed by atoms with Crippen LogP contribution in [0.2, 0.25) is 0 Å². The second-order valence-corrected chi connectivity index (χ2v) is 7.00. The van der Waals surface area contributed by atoms with E-state index < -0.39 is 0 Å². The highest BCUT2D eigenvalue weighted by Crippen LogP contribution is 2.36. The number of nitrogens with zero attached hydrogens (tertiary/aromatic N) is 2. The standard InChI is InChI=1S/C15H25N3S/c1-4-13-7-16-14(12-5-6-12)8-18(13)11(3)15-17-10(2)9-19-15/h9,11-14,16H,4-8H2,1-3H3. The number of hydrogen-bond donors (Lipinski definition) is 1. The summed E-state index contributed by atoms with van der Waals surface area (Å²) in [5, 5.41) is 7.22. The van der Waals surface area contributed by atoms with Gasteiger partial charge in [-0.05, 0) is 39.0 Å².